The molecule has 3 N–H and O–H groups in total. The van der Waals surface area contributed by atoms with Crippen molar-refractivity contribution in [2.75, 3.05) is 25.5 Å². The van der Waals surface area contributed by atoms with Crippen molar-refractivity contribution in [3.05, 3.63) is 27.7 Å². The lowest BCUT2D eigenvalue weighted by atomic mass is 9.93. The molecule has 0 spiro atoms. The Labute approximate surface area is 184 Å². The van der Waals surface area contributed by atoms with Crippen LogP contribution in [0.5, 0.6) is 0 Å². The number of nitrogen functional groups attached to an aromatic ring is 1. The predicted octanol–water partition coefficient (Wildman–Crippen LogP) is 5.29. The highest BCUT2D eigenvalue weighted by molar-refractivity contribution is 9.10. The van der Waals surface area contributed by atoms with Crippen LogP contribution in [-0.4, -0.2) is 41.8 Å². The summed E-state index contributed by atoms with van der Waals surface area (Å²) in [6.45, 7) is 4.61. The first-order valence-corrected chi connectivity index (χ1v) is 12.0. The number of aliphatic hydroxyl groups excluding tert-OH is 1. The van der Waals surface area contributed by atoms with Crippen LogP contribution in [0.1, 0.15) is 87.1 Å². The number of benzene rings is 1. The van der Waals surface area contributed by atoms with Gasteiger partial charge in [0.25, 0.3) is 0 Å². The zero-order valence-corrected chi connectivity index (χ0v) is 19.4. The van der Waals surface area contributed by atoms with Crippen LogP contribution in [0.15, 0.2) is 16.6 Å². The summed E-state index contributed by atoms with van der Waals surface area (Å²) in [5.74, 6) is -0.289. The van der Waals surface area contributed by atoms with Gasteiger partial charge in [0, 0.05) is 23.7 Å². The molecule has 0 aromatic heterocycles. The van der Waals surface area contributed by atoms with E-state index in [1.54, 1.807) is 6.07 Å². The number of nitrogens with two attached hydrogens (primary N) is 1. The predicted molar refractivity (Wildman–Crippen MR) is 122 cm³/mol. The maximum Gasteiger partial charge on any atom is 0.338 e. The highest BCUT2D eigenvalue weighted by Crippen LogP contribution is 2.30. The van der Waals surface area contributed by atoms with Gasteiger partial charge in [-0.05, 0) is 65.9 Å². The van der Waals surface area contributed by atoms with Crippen molar-refractivity contribution in [1.82, 2.24) is 4.90 Å². The first-order chi connectivity index (χ1) is 14.1. The van der Waals surface area contributed by atoms with Gasteiger partial charge in [-0.25, -0.2) is 4.79 Å². The van der Waals surface area contributed by atoms with Crippen molar-refractivity contribution in [2.24, 2.45) is 0 Å². The minimum Gasteiger partial charge on any atom is -0.462 e. The Balaban J connectivity index is 1.94. The molecule has 1 aliphatic carbocycles. The molecule has 1 aromatic rings. The minimum absolute atomic E-state index is 0.250. The van der Waals surface area contributed by atoms with Crippen LogP contribution in [0.2, 0.25) is 0 Å². The number of unbranched alkanes of at least 4 members (excludes halogenated alkanes) is 4. The summed E-state index contributed by atoms with van der Waals surface area (Å²) in [5.41, 5.74) is 8.57. The van der Waals surface area contributed by atoms with Crippen LogP contribution >= 0.6 is 15.9 Å². The van der Waals surface area contributed by atoms with Crippen LogP contribution in [0.3, 0.4) is 0 Å². The van der Waals surface area contributed by atoms with E-state index in [9.17, 15) is 4.79 Å². The van der Waals surface area contributed by atoms with E-state index in [1.807, 2.05) is 6.07 Å². The summed E-state index contributed by atoms with van der Waals surface area (Å²) in [6.07, 6.45) is 11.2. The number of nitrogens with zero attached hydrogens (tertiary/aromatic N) is 1. The fourth-order valence-electron chi connectivity index (χ4n) is 4.08. The highest BCUT2D eigenvalue weighted by atomic mass is 79.9. The van der Waals surface area contributed by atoms with E-state index in [0.717, 1.165) is 55.2 Å². The number of hydrogen-bond acceptors (Lipinski definition) is 5. The second-order valence-corrected chi connectivity index (χ2v) is 8.87. The molecule has 0 atom stereocenters. The molecule has 1 aromatic carbocycles. The summed E-state index contributed by atoms with van der Waals surface area (Å²) >= 11 is 3.52. The number of carbonyl (C=O) groups excluding carboxylic acids is 1. The van der Waals surface area contributed by atoms with Gasteiger partial charge in [0.2, 0.25) is 0 Å². The molecule has 2 rings (SSSR count). The van der Waals surface area contributed by atoms with Gasteiger partial charge in [-0.3, -0.25) is 4.90 Å². The number of rotatable bonds is 12. The van der Waals surface area contributed by atoms with Crippen molar-refractivity contribution in [3.63, 3.8) is 0 Å². The van der Waals surface area contributed by atoms with Crippen LogP contribution in [-0.2, 0) is 11.3 Å². The molecular formula is C23H37BrN2O3. The molecule has 5 nitrogen and oxygen atoms in total. The Morgan fingerprint density at radius 1 is 1.17 bits per heavy atom. The lowest BCUT2D eigenvalue weighted by Gasteiger charge is -2.34. The quantitative estimate of drug-likeness (QED) is 0.247. The Kier molecular flexibility index (Phi) is 11.0. The van der Waals surface area contributed by atoms with Gasteiger partial charge >= 0.3 is 5.97 Å². The van der Waals surface area contributed by atoms with Crippen LogP contribution in [0.4, 0.5) is 5.69 Å². The number of carbonyl (C=O) groups is 1. The molecule has 0 aliphatic heterocycles. The molecule has 1 fully saturated rings. The van der Waals surface area contributed by atoms with E-state index in [-0.39, 0.29) is 12.6 Å². The highest BCUT2D eigenvalue weighted by Gasteiger charge is 2.22. The number of esters is 1. The van der Waals surface area contributed by atoms with Gasteiger partial charge < -0.3 is 15.6 Å². The van der Waals surface area contributed by atoms with Gasteiger partial charge in [0.15, 0.2) is 0 Å². The Morgan fingerprint density at radius 2 is 1.86 bits per heavy atom. The number of aliphatic hydroxyl groups is 1. The monoisotopic (exact) mass is 468 g/mol. The zero-order chi connectivity index (χ0) is 21.1. The Hall–Kier alpha value is -1.11. The second-order valence-electron chi connectivity index (χ2n) is 8.01. The third-order valence-corrected chi connectivity index (χ3v) is 6.51. The van der Waals surface area contributed by atoms with Gasteiger partial charge in [-0.15, -0.1) is 0 Å². The third-order valence-electron chi connectivity index (χ3n) is 5.86. The molecule has 0 unspecified atom stereocenters. The summed E-state index contributed by atoms with van der Waals surface area (Å²) in [7, 11) is 0. The van der Waals surface area contributed by atoms with Crippen molar-refractivity contribution in [2.45, 2.75) is 83.7 Å². The fourth-order valence-corrected chi connectivity index (χ4v) is 4.58. The molecule has 0 bridgehead atoms. The first-order valence-electron chi connectivity index (χ1n) is 11.2. The second kappa shape index (κ2) is 13.2. The van der Waals surface area contributed by atoms with Gasteiger partial charge in [-0.2, -0.15) is 0 Å². The topological polar surface area (TPSA) is 75.8 Å². The third kappa shape index (κ3) is 7.91. The lowest BCUT2D eigenvalue weighted by Crippen LogP contribution is -2.36. The van der Waals surface area contributed by atoms with Crippen LogP contribution in [0.25, 0.3) is 0 Å². The van der Waals surface area contributed by atoms with Crippen molar-refractivity contribution in [3.8, 4) is 0 Å². The van der Waals surface area contributed by atoms with Crippen molar-refractivity contribution < 1.29 is 14.6 Å². The number of halogens is 1. The maximum atomic E-state index is 12.5. The van der Waals surface area contributed by atoms with Gasteiger partial charge in [0.05, 0.1) is 17.9 Å². The molecule has 1 saturated carbocycles. The SMILES string of the molecule is CCN(Cc1cc(C(=O)OCCCCCCCO)cc(Br)c1N)C1CCCCC1. The van der Waals surface area contributed by atoms with E-state index in [4.69, 9.17) is 15.6 Å². The normalized spacial score (nSPS) is 15.0. The Bertz CT molecular complexity index is 633. The molecule has 29 heavy (non-hydrogen) atoms. The molecule has 0 saturated heterocycles. The minimum atomic E-state index is -0.289. The van der Waals surface area contributed by atoms with E-state index in [2.05, 4.69) is 27.8 Å². The summed E-state index contributed by atoms with van der Waals surface area (Å²) in [4.78, 5) is 15.0. The number of hydrogen-bond donors (Lipinski definition) is 2. The summed E-state index contributed by atoms with van der Waals surface area (Å²) in [6, 6.07) is 4.27. The average Bonchev–Trinajstić information content (AvgIpc) is 2.74. The molecule has 0 amide bonds. The Morgan fingerprint density at radius 3 is 2.55 bits per heavy atom. The smallest absolute Gasteiger partial charge is 0.338 e. The van der Waals surface area contributed by atoms with Crippen LogP contribution < -0.4 is 5.73 Å². The van der Waals surface area contributed by atoms with Crippen LogP contribution in [0, 0.1) is 0 Å². The number of anilines is 1. The van der Waals surface area contributed by atoms with E-state index in [0.29, 0.717) is 23.9 Å². The largest absolute Gasteiger partial charge is 0.462 e. The van der Waals surface area contributed by atoms with Gasteiger partial charge in [0.1, 0.15) is 0 Å². The lowest BCUT2D eigenvalue weighted by molar-refractivity contribution is 0.0497. The zero-order valence-electron chi connectivity index (χ0n) is 17.8. The van der Waals surface area contributed by atoms with E-state index in [1.165, 1.54) is 32.1 Å². The first kappa shape index (κ1) is 24.2. The van der Waals surface area contributed by atoms with Crippen molar-refractivity contribution >= 4 is 27.6 Å². The fraction of sp³-hybridized carbons (Fsp3) is 0.696. The average molecular weight is 469 g/mol. The van der Waals surface area contributed by atoms with Crippen molar-refractivity contribution in [1.29, 1.82) is 0 Å². The number of ether oxygens (including phenoxy) is 1. The summed E-state index contributed by atoms with van der Waals surface area (Å²) < 4.78 is 6.22. The molecule has 164 valence electrons. The maximum absolute atomic E-state index is 12.5. The molecule has 0 radical (unpaired) electrons. The molecule has 1 aliphatic rings. The van der Waals surface area contributed by atoms with E-state index < -0.39 is 0 Å². The standard InChI is InChI=1S/C23H37BrN2O3/c1-2-26(20-11-7-6-8-12-20)17-19-15-18(16-21(24)22(19)25)23(28)29-14-10-5-3-4-9-13-27/h15-16,20,27H,2-14,17,25H2,1H3. The molecular weight excluding hydrogens is 432 g/mol. The molecule has 6 heteroatoms. The van der Waals surface area contributed by atoms with Gasteiger partial charge in [-0.1, -0.05) is 45.4 Å². The summed E-state index contributed by atoms with van der Waals surface area (Å²) in [5, 5.41) is 8.79. The van der Waals surface area contributed by atoms with E-state index >= 15 is 0 Å². The molecule has 0 heterocycles.